The van der Waals surface area contributed by atoms with Gasteiger partial charge in [-0.15, -0.1) is 0 Å². The average molecular weight is 236 g/mol. The quantitative estimate of drug-likeness (QED) is 0.766. The van der Waals surface area contributed by atoms with Crippen molar-refractivity contribution in [2.75, 3.05) is 20.8 Å². The van der Waals surface area contributed by atoms with E-state index in [2.05, 4.69) is 0 Å². The minimum absolute atomic E-state index is 0.0908. The number of hydrogen-bond donors (Lipinski definition) is 1. The Bertz CT molecular complexity index is 385. The van der Waals surface area contributed by atoms with Crippen molar-refractivity contribution in [3.05, 3.63) is 29.3 Å². The molecule has 1 aromatic carbocycles. The van der Waals surface area contributed by atoms with Gasteiger partial charge in [-0.3, -0.25) is 4.79 Å². The van der Waals surface area contributed by atoms with Crippen molar-refractivity contribution < 1.29 is 19.4 Å². The van der Waals surface area contributed by atoms with Crippen LogP contribution in [0.15, 0.2) is 18.2 Å². The summed E-state index contributed by atoms with van der Waals surface area (Å²) < 4.78 is 10.4. The van der Waals surface area contributed by atoms with Crippen molar-refractivity contribution in [1.29, 1.82) is 0 Å². The zero-order chi connectivity index (χ0) is 12.7. The predicted octanol–water partition coefficient (Wildman–Crippen LogP) is 1.91. The molecule has 0 aliphatic rings. The molecule has 92 valence electrons. The normalized spacial score (nSPS) is 10.5. The molecule has 1 rings (SSSR count). The predicted molar refractivity (Wildman–Crippen MR) is 65.7 cm³/mol. The molecule has 0 spiro atoms. The third kappa shape index (κ3) is 3.32. The molecule has 0 aliphatic heterocycles. The van der Waals surface area contributed by atoms with Crippen LogP contribution in [0.25, 0.3) is 6.08 Å². The van der Waals surface area contributed by atoms with Gasteiger partial charge in [-0.2, -0.15) is 0 Å². The van der Waals surface area contributed by atoms with Crippen molar-refractivity contribution in [2.24, 2.45) is 0 Å². The zero-order valence-corrected chi connectivity index (χ0v) is 9.97. The van der Waals surface area contributed by atoms with E-state index in [1.54, 1.807) is 12.1 Å². The summed E-state index contributed by atoms with van der Waals surface area (Å²) in [6.07, 6.45) is 4.93. The van der Waals surface area contributed by atoms with Crippen LogP contribution in [-0.2, 0) is 0 Å². The van der Waals surface area contributed by atoms with Crippen molar-refractivity contribution in [3.8, 4) is 11.5 Å². The van der Waals surface area contributed by atoms with Crippen LogP contribution in [0.2, 0.25) is 0 Å². The Morgan fingerprint density at radius 3 is 2.24 bits per heavy atom. The molecule has 0 fully saturated rings. The van der Waals surface area contributed by atoms with Crippen LogP contribution in [-0.4, -0.2) is 32.2 Å². The van der Waals surface area contributed by atoms with Gasteiger partial charge in [0.2, 0.25) is 0 Å². The lowest BCUT2D eigenvalue weighted by molar-refractivity contribution is 0.112. The molecule has 0 saturated heterocycles. The van der Waals surface area contributed by atoms with E-state index in [0.29, 0.717) is 23.5 Å². The summed E-state index contributed by atoms with van der Waals surface area (Å²) in [6, 6.07) is 3.29. The fourth-order valence-electron chi connectivity index (χ4n) is 1.47. The van der Waals surface area contributed by atoms with Crippen LogP contribution >= 0.6 is 0 Å². The maximum atomic E-state index is 10.8. The molecule has 0 aliphatic carbocycles. The fourth-order valence-corrected chi connectivity index (χ4v) is 1.47. The Labute approximate surface area is 100 Å². The molecule has 0 aromatic heterocycles. The average Bonchev–Trinajstić information content (AvgIpc) is 2.38. The number of aliphatic hydroxyl groups is 1. The highest BCUT2D eigenvalue weighted by molar-refractivity contribution is 5.79. The largest absolute Gasteiger partial charge is 0.496 e. The maximum Gasteiger partial charge on any atom is 0.150 e. The van der Waals surface area contributed by atoms with E-state index in [9.17, 15) is 4.79 Å². The minimum Gasteiger partial charge on any atom is -0.496 e. The SMILES string of the molecule is COc1cc(C=O)cc(OC)c1C=CCCO. The second-order valence-electron chi connectivity index (χ2n) is 3.37. The summed E-state index contributed by atoms with van der Waals surface area (Å²) in [5, 5.41) is 8.72. The topological polar surface area (TPSA) is 55.8 Å². The van der Waals surface area contributed by atoms with E-state index in [4.69, 9.17) is 14.6 Å². The number of ether oxygens (including phenoxy) is 2. The number of carbonyl (C=O) groups excluding carboxylic acids is 1. The number of hydrogen-bond acceptors (Lipinski definition) is 4. The first-order chi connectivity index (χ1) is 8.26. The highest BCUT2D eigenvalue weighted by Crippen LogP contribution is 2.31. The van der Waals surface area contributed by atoms with Crippen LogP contribution in [0.5, 0.6) is 11.5 Å². The monoisotopic (exact) mass is 236 g/mol. The lowest BCUT2D eigenvalue weighted by Gasteiger charge is -2.11. The van der Waals surface area contributed by atoms with Gasteiger partial charge in [-0.1, -0.05) is 12.2 Å². The summed E-state index contributed by atoms with van der Waals surface area (Å²) in [6.45, 7) is 0.0908. The van der Waals surface area contributed by atoms with E-state index in [-0.39, 0.29) is 6.61 Å². The first-order valence-corrected chi connectivity index (χ1v) is 5.25. The number of aliphatic hydroxyl groups excluding tert-OH is 1. The molecule has 4 heteroatoms. The van der Waals surface area contributed by atoms with Gasteiger partial charge in [0.25, 0.3) is 0 Å². The molecule has 1 N–H and O–H groups in total. The van der Waals surface area contributed by atoms with Crippen LogP contribution in [0.1, 0.15) is 22.3 Å². The molecule has 4 nitrogen and oxygen atoms in total. The Balaban J connectivity index is 3.19. The van der Waals surface area contributed by atoms with Crippen molar-refractivity contribution in [2.45, 2.75) is 6.42 Å². The summed E-state index contributed by atoms with van der Waals surface area (Å²) in [7, 11) is 3.07. The Morgan fingerprint density at radius 1 is 1.24 bits per heavy atom. The number of aldehydes is 1. The third-order valence-corrected chi connectivity index (χ3v) is 2.28. The highest BCUT2D eigenvalue weighted by Gasteiger charge is 2.09. The molecule has 0 saturated carbocycles. The van der Waals surface area contributed by atoms with Gasteiger partial charge in [-0.05, 0) is 18.6 Å². The molecule has 0 heterocycles. The van der Waals surface area contributed by atoms with Crippen LogP contribution in [0, 0.1) is 0 Å². The molecule has 0 bridgehead atoms. The molecule has 0 radical (unpaired) electrons. The van der Waals surface area contributed by atoms with E-state index < -0.39 is 0 Å². The zero-order valence-electron chi connectivity index (χ0n) is 9.97. The minimum atomic E-state index is 0.0908. The summed E-state index contributed by atoms with van der Waals surface area (Å²) in [4.78, 5) is 10.8. The summed E-state index contributed by atoms with van der Waals surface area (Å²) >= 11 is 0. The summed E-state index contributed by atoms with van der Waals surface area (Å²) in [5.74, 6) is 1.14. The van der Waals surface area contributed by atoms with Gasteiger partial charge in [0.15, 0.2) is 0 Å². The molecule has 17 heavy (non-hydrogen) atoms. The van der Waals surface area contributed by atoms with Gasteiger partial charge in [0.05, 0.1) is 19.8 Å². The lowest BCUT2D eigenvalue weighted by atomic mass is 10.1. The molecule has 1 aromatic rings. The van der Waals surface area contributed by atoms with Gasteiger partial charge in [-0.25, -0.2) is 0 Å². The Morgan fingerprint density at radius 2 is 1.82 bits per heavy atom. The molecular formula is C13H16O4. The van der Waals surface area contributed by atoms with Crippen molar-refractivity contribution in [3.63, 3.8) is 0 Å². The van der Waals surface area contributed by atoms with Crippen LogP contribution < -0.4 is 9.47 Å². The smallest absolute Gasteiger partial charge is 0.150 e. The first-order valence-electron chi connectivity index (χ1n) is 5.25. The van der Waals surface area contributed by atoms with E-state index >= 15 is 0 Å². The second-order valence-corrected chi connectivity index (χ2v) is 3.37. The molecule has 0 atom stereocenters. The van der Waals surface area contributed by atoms with E-state index in [1.807, 2.05) is 12.2 Å². The summed E-state index contributed by atoms with van der Waals surface area (Å²) in [5.41, 5.74) is 1.26. The number of carbonyl (C=O) groups is 1. The van der Waals surface area contributed by atoms with Gasteiger partial charge >= 0.3 is 0 Å². The van der Waals surface area contributed by atoms with Crippen molar-refractivity contribution in [1.82, 2.24) is 0 Å². The number of benzene rings is 1. The third-order valence-electron chi connectivity index (χ3n) is 2.28. The van der Waals surface area contributed by atoms with E-state index in [1.165, 1.54) is 14.2 Å². The number of rotatable bonds is 6. The first kappa shape index (κ1) is 13.3. The standard InChI is InChI=1S/C13H16O4/c1-16-12-7-10(9-15)8-13(17-2)11(12)5-3-4-6-14/h3,5,7-9,14H,4,6H2,1-2H3. The van der Waals surface area contributed by atoms with Crippen LogP contribution in [0.4, 0.5) is 0 Å². The molecular weight excluding hydrogens is 220 g/mol. The van der Waals surface area contributed by atoms with E-state index in [0.717, 1.165) is 11.8 Å². The maximum absolute atomic E-state index is 10.8. The second kappa shape index (κ2) is 6.70. The van der Waals surface area contributed by atoms with Gasteiger partial charge in [0.1, 0.15) is 17.8 Å². The fraction of sp³-hybridized carbons (Fsp3) is 0.308. The highest BCUT2D eigenvalue weighted by atomic mass is 16.5. The van der Waals surface area contributed by atoms with Gasteiger partial charge < -0.3 is 14.6 Å². The molecule has 0 unspecified atom stereocenters. The van der Waals surface area contributed by atoms with Gasteiger partial charge in [0, 0.05) is 12.2 Å². The number of methoxy groups -OCH3 is 2. The van der Waals surface area contributed by atoms with Crippen LogP contribution in [0.3, 0.4) is 0 Å². The lowest BCUT2D eigenvalue weighted by Crippen LogP contribution is -1.95. The van der Waals surface area contributed by atoms with Crippen molar-refractivity contribution >= 4 is 12.4 Å². The Hall–Kier alpha value is -1.81. The molecule has 0 amide bonds. The Kier molecular flexibility index (Phi) is 5.23.